The minimum absolute atomic E-state index is 0.0238. The lowest BCUT2D eigenvalue weighted by Crippen LogP contribution is -2.40. The number of hydrogen-bond acceptors (Lipinski definition) is 4. The van der Waals surface area contributed by atoms with Gasteiger partial charge in [-0.25, -0.2) is 0 Å². The molecule has 2 amide bonds. The van der Waals surface area contributed by atoms with Gasteiger partial charge in [0, 0.05) is 36.9 Å². The number of carbonyl (C=O) groups is 2. The van der Waals surface area contributed by atoms with Gasteiger partial charge in [0.25, 0.3) is 0 Å². The predicted octanol–water partition coefficient (Wildman–Crippen LogP) is 1.76. The lowest BCUT2D eigenvalue weighted by atomic mass is 10.2. The third-order valence-corrected chi connectivity index (χ3v) is 4.56. The molecule has 1 aliphatic heterocycles. The van der Waals surface area contributed by atoms with Crippen molar-refractivity contribution in [2.75, 3.05) is 20.1 Å². The molecule has 0 aliphatic carbocycles. The largest absolute Gasteiger partial charge is 0.302 e. The quantitative estimate of drug-likeness (QED) is 0.746. The molecule has 1 saturated heterocycles. The van der Waals surface area contributed by atoms with Gasteiger partial charge in [0.2, 0.25) is 11.8 Å². The summed E-state index contributed by atoms with van der Waals surface area (Å²) in [6, 6.07) is 4.61. The molecule has 1 fully saturated rings. The van der Waals surface area contributed by atoms with Crippen LogP contribution in [0.15, 0.2) is 17.5 Å². The SMILES string of the molecule is C[C@@H](Cc1cccs1)N(C)CCN1C(=O)CCC1=O. The van der Waals surface area contributed by atoms with Gasteiger partial charge in [-0.2, -0.15) is 0 Å². The second-order valence-electron chi connectivity index (χ2n) is 5.05. The fourth-order valence-corrected chi connectivity index (χ4v) is 3.05. The number of thiophene rings is 1. The van der Waals surface area contributed by atoms with Crippen molar-refractivity contribution in [3.63, 3.8) is 0 Å². The van der Waals surface area contributed by atoms with Gasteiger partial charge in [0.1, 0.15) is 0 Å². The molecule has 0 N–H and O–H groups in total. The zero-order valence-corrected chi connectivity index (χ0v) is 12.3. The molecule has 1 aromatic rings. The Bertz CT molecular complexity index is 428. The Morgan fingerprint density at radius 1 is 1.37 bits per heavy atom. The van der Waals surface area contributed by atoms with E-state index in [0.717, 1.165) is 13.0 Å². The number of likely N-dealkylation sites (tertiary alicyclic amines) is 1. The van der Waals surface area contributed by atoms with E-state index in [1.54, 1.807) is 11.3 Å². The molecule has 0 aromatic carbocycles. The Labute approximate surface area is 118 Å². The smallest absolute Gasteiger partial charge is 0.229 e. The zero-order valence-electron chi connectivity index (χ0n) is 11.5. The summed E-state index contributed by atoms with van der Waals surface area (Å²) in [7, 11) is 2.04. The molecule has 0 radical (unpaired) electrons. The van der Waals surface area contributed by atoms with Crippen LogP contribution in [0, 0.1) is 0 Å². The number of imide groups is 1. The summed E-state index contributed by atoms with van der Waals surface area (Å²) < 4.78 is 0. The van der Waals surface area contributed by atoms with Crippen LogP contribution in [0.25, 0.3) is 0 Å². The molecule has 1 aromatic heterocycles. The number of likely N-dealkylation sites (N-methyl/N-ethyl adjacent to an activating group) is 1. The van der Waals surface area contributed by atoms with E-state index >= 15 is 0 Å². The molecular formula is C14H20N2O2S. The lowest BCUT2D eigenvalue weighted by Gasteiger charge is -2.26. The third-order valence-electron chi connectivity index (χ3n) is 3.66. The highest BCUT2D eigenvalue weighted by Gasteiger charge is 2.28. The maximum atomic E-state index is 11.5. The molecule has 4 nitrogen and oxygen atoms in total. The van der Waals surface area contributed by atoms with Crippen molar-refractivity contribution >= 4 is 23.2 Å². The Morgan fingerprint density at radius 2 is 2.05 bits per heavy atom. The number of hydrogen-bond donors (Lipinski definition) is 0. The lowest BCUT2D eigenvalue weighted by molar-refractivity contribution is -0.138. The van der Waals surface area contributed by atoms with Crippen molar-refractivity contribution in [1.29, 1.82) is 0 Å². The first-order valence-electron chi connectivity index (χ1n) is 6.63. The molecular weight excluding hydrogens is 260 g/mol. The molecule has 2 rings (SSSR count). The highest BCUT2D eigenvalue weighted by molar-refractivity contribution is 7.09. The maximum Gasteiger partial charge on any atom is 0.229 e. The van der Waals surface area contributed by atoms with Crippen molar-refractivity contribution in [2.45, 2.75) is 32.2 Å². The van der Waals surface area contributed by atoms with Crippen LogP contribution in [-0.2, 0) is 16.0 Å². The van der Waals surface area contributed by atoms with Crippen LogP contribution in [-0.4, -0.2) is 47.8 Å². The summed E-state index contributed by atoms with van der Waals surface area (Å²) in [5, 5.41) is 2.09. The predicted molar refractivity (Wildman–Crippen MR) is 76.1 cm³/mol. The average molecular weight is 280 g/mol. The minimum atomic E-state index is -0.0238. The van der Waals surface area contributed by atoms with Crippen molar-refractivity contribution in [2.24, 2.45) is 0 Å². The van der Waals surface area contributed by atoms with Gasteiger partial charge in [-0.1, -0.05) is 6.07 Å². The molecule has 5 heteroatoms. The van der Waals surface area contributed by atoms with Crippen molar-refractivity contribution in [3.8, 4) is 0 Å². The molecule has 0 spiro atoms. The topological polar surface area (TPSA) is 40.6 Å². The first-order chi connectivity index (χ1) is 9.08. The van der Waals surface area contributed by atoms with Gasteiger partial charge in [0.15, 0.2) is 0 Å². The Hall–Kier alpha value is -1.20. The summed E-state index contributed by atoms with van der Waals surface area (Å²) in [6.45, 7) is 3.43. The molecule has 0 saturated carbocycles. The molecule has 1 atom stereocenters. The van der Waals surface area contributed by atoms with E-state index in [-0.39, 0.29) is 11.8 Å². The van der Waals surface area contributed by atoms with Crippen LogP contribution in [0.3, 0.4) is 0 Å². The van der Waals surface area contributed by atoms with Crippen LogP contribution in [0.2, 0.25) is 0 Å². The fourth-order valence-electron chi connectivity index (χ4n) is 2.23. The van der Waals surface area contributed by atoms with E-state index in [1.807, 2.05) is 7.05 Å². The van der Waals surface area contributed by atoms with Gasteiger partial charge >= 0.3 is 0 Å². The normalized spacial score (nSPS) is 17.5. The van der Waals surface area contributed by atoms with E-state index < -0.39 is 0 Å². The van der Waals surface area contributed by atoms with E-state index in [2.05, 4.69) is 29.3 Å². The van der Waals surface area contributed by atoms with Gasteiger partial charge in [-0.3, -0.25) is 14.5 Å². The van der Waals surface area contributed by atoms with Gasteiger partial charge in [-0.15, -0.1) is 11.3 Å². The van der Waals surface area contributed by atoms with Crippen LogP contribution < -0.4 is 0 Å². The standard InChI is InChI=1S/C14H20N2O2S/c1-11(10-12-4-3-9-19-12)15(2)7-8-16-13(17)5-6-14(16)18/h3-4,9,11H,5-8,10H2,1-2H3/t11-/m0/s1. The van der Waals surface area contributed by atoms with E-state index in [0.29, 0.717) is 25.4 Å². The molecule has 0 bridgehead atoms. The van der Waals surface area contributed by atoms with Crippen LogP contribution in [0.4, 0.5) is 0 Å². The molecule has 104 valence electrons. The molecule has 19 heavy (non-hydrogen) atoms. The van der Waals surface area contributed by atoms with E-state index in [9.17, 15) is 9.59 Å². The van der Waals surface area contributed by atoms with Gasteiger partial charge in [-0.05, 0) is 31.8 Å². The van der Waals surface area contributed by atoms with E-state index in [1.165, 1.54) is 9.78 Å². The van der Waals surface area contributed by atoms with Crippen LogP contribution in [0.1, 0.15) is 24.6 Å². The Kier molecular flexibility index (Phi) is 4.71. The van der Waals surface area contributed by atoms with Crippen LogP contribution >= 0.6 is 11.3 Å². The summed E-state index contributed by atoms with van der Waals surface area (Å²) in [6.07, 6.45) is 1.77. The maximum absolute atomic E-state index is 11.5. The zero-order chi connectivity index (χ0) is 13.8. The number of amides is 2. The van der Waals surface area contributed by atoms with E-state index in [4.69, 9.17) is 0 Å². The highest BCUT2D eigenvalue weighted by Crippen LogP contribution is 2.14. The summed E-state index contributed by atoms with van der Waals surface area (Å²) in [5.74, 6) is -0.0476. The highest BCUT2D eigenvalue weighted by atomic mass is 32.1. The molecule has 2 heterocycles. The summed E-state index contributed by atoms with van der Waals surface area (Å²) in [4.78, 5) is 28.0. The Morgan fingerprint density at radius 3 is 2.63 bits per heavy atom. The average Bonchev–Trinajstić information content (AvgIpc) is 2.98. The Balaban J connectivity index is 1.79. The third kappa shape index (κ3) is 3.64. The first-order valence-corrected chi connectivity index (χ1v) is 7.51. The van der Waals surface area contributed by atoms with Gasteiger partial charge < -0.3 is 4.90 Å². The summed E-state index contributed by atoms with van der Waals surface area (Å²) >= 11 is 1.77. The first kappa shape index (κ1) is 14.2. The molecule has 0 unspecified atom stereocenters. The monoisotopic (exact) mass is 280 g/mol. The minimum Gasteiger partial charge on any atom is -0.302 e. The van der Waals surface area contributed by atoms with Crippen LogP contribution in [0.5, 0.6) is 0 Å². The van der Waals surface area contributed by atoms with Crippen molar-refractivity contribution in [3.05, 3.63) is 22.4 Å². The molecule has 1 aliphatic rings. The number of nitrogens with zero attached hydrogens (tertiary/aromatic N) is 2. The van der Waals surface area contributed by atoms with Crippen molar-refractivity contribution < 1.29 is 9.59 Å². The second kappa shape index (κ2) is 6.30. The van der Waals surface area contributed by atoms with Crippen molar-refractivity contribution in [1.82, 2.24) is 9.80 Å². The number of carbonyl (C=O) groups excluding carboxylic acids is 2. The fraction of sp³-hybridized carbons (Fsp3) is 0.571. The second-order valence-corrected chi connectivity index (χ2v) is 6.08. The number of rotatable bonds is 6. The van der Waals surface area contributed by atoms with Gasteiger partial charge in [0.05, 0.1) is 0 Å². The summed E-state index contributed by atoms with van der Waals surface area (Å²) in [5.41, 5.74) is 0.